The summed E-state index contributed by atoms with van der Waals surface area (Å²) in [7, 11) is 0. The zero-order valence-electron chi connectivity index (χ0n) is 9.56. The maximum absolute atomic E-state index is 11.7. The molecule has 0 fully saturated rings. The number of amides is 1. The summed E-state index contributed by atoms with van der Waals surface area (Å²) >= 11 is 3.77. The number of nitrogens with one attached hydrogen (secondary N) is 1. The van der Waals surface area contributed by atoms with Crippen LogP contribution in [0.5, 0.6) is 0 Å². The van der Waals surface area contributed by atoms with Gasteiger partial charge >= 0.3 is 0 Å². The van der Waals surface area contributed by atoms with Crippen LogP contribution in [0.15, 0.2) is 47.1 Å². The first-order chi connectivity index (χ1) is 8.74. The van der Waals surface area contributed by atoms with Crippen LogP contribution in [0.2, 0.25) is 0 Å². The van der Waals surface area contributed by atoms with Gasteiger partial charge < -0.3 is 9.73 Å². The molecule has 94 valence electrons. The van der Waals surface area contributed by atoms with Crippen molar-refractivity contribution in [2.75, 3.05) is 11.1 Å². The predicted octanol–water partition coefficient (Wildman–Crippen LogP) is 3.76. The minimum atomic E-state index is 0.00719. The van der Waals surface area contributed by atoms with E-state index in [4.69, 9.17) is 4.42 Å². The molecule has 0 atom stereocenters. The number of hydrogen-bond donors (Lipinski definition) is 1. The van der Waals surface area contributed by atoms with Crippen LogP contribution in [0.3, 0.4) is 0 Å². The highest BCUT2D eigenvalue weighted by atomic mass is 127. The molecule has 0 aliphatic carbocycles. The summed E-state index contributed by atoms with van der Waals surface area (Å²) in [5, 5.41) is 2.86. The van der Waals surface area contributed by atoms with Crippen LogP contribution in [0, 0.1) is 3.57 Å². The lowest BCUT2D eigenvalue weighted by Gasteiger charge is -2.04. The molecule has 0 aliphatic heterocycles. The number of halogens is 1. The summed E-state index contributed by atoms with van der Waals surface area (Å²) in [5.41, 5.74) is 0.832. The predicted molar refractivity (Wildman–Crippen MR) is 82.7 cm³/mol. The SMILES string of the molecule is O=C(CSCc1ccco1)Nc1ccc(I)cc1. The fourth-order valence-electron chi connectivity index (χ4n) is 1.37. The molecule has 3 nitrogen and oxygen atoms in total. The fourth-order valence-corrected chi connectivity index (χ4v) is 2.45. The van der Waals surface area contributed by atoms with Crippen LogP contribution in [0.4, 0.5) is 5.69 Å². The number of carbonyl (C=O) groups excluding carboxylic acids is 1. The Morgan fingerprint density at radius 3 is 2.72 bits per heavy atom. The van der Waals surface area contributed by atoms with Gasteiger partial charge in [-0.2, -0.15) is 0 Å². The van der Waals surface area contributed by atoms with Crippen LogP contribution < -0.4 is 5.32 Å². The maximum atomic E-state index is 11.7. The number of rotatable bonds is 5. The van der Waals surface area contributed by atoms with Crippen LogP contribution in [0.1, 0.15) is 5.76 Å². The molecule has 0 aliphatic rings. The van der Waals surface area contributed by atoms with Gasteiger partial charge in [-0.15, -0.1) is 11.8 Å². The first-order valence-corrected chi connectivity index (χ1v) is 7.63. The Hall–Kier alpha value is -0.950. The molecular formula is C13H12INO2S. The highest BCUT2D eigenvalue weighted by molar-refractivity contribution is 14.1. The third kappa shape index (κ3) is 4.38. The van der Waals surface area contributed by atoms with E-state index in [1.807, 2.05) is 36.4 Å². The van der Waals surface area contributed by atoms with E-state index in [0.717, 1.165) is 15.0 Å². The summed E-state index contributed by atoms with van der Waals surface area (Å²) in [6.07, 6.45) is 1.64. The van der Waals surface area contributed by atoms with E-state index in [9.17, 15) is 4.79 Å². The normalized spacial score (nSPS) is 10.3. The van der Waals surface area contributed by atoms with E-state index in [1.165, 1.54) is 11.8 Å². The lowest BCUT2D eigenvalue weighted by molar-refractivity contribution is -0.113. The summed E-state index contributed by atoms with van der Waals surface area (Å²) in [5.74, 6) is 2.04. The molecule has 0 saturated heterocycles. The zero-order valence-corrected chi connectivity index (χ0v) is 12.5. The second-order valence-corrected chi connectivity index (χ2v) is 5.86. The molecule has 1 aromatic carbocycles. The summed E-state index contributed by atoms with van der Waals surface area (Å²) in [6.45, 7) is 0. The van der Waals surface area contributed by atoms with Crippen molar-refractivity contribution >= 4 is 45.9 Å². The van der Waals surface area contributed by atoms with E-state index >= 15 is 0 Å². The lowest BCUT2D eigenvalue weighted by atomic mass is 10.3. The lowest BCUT2D eigenvalue weighted by Crippen LogP contribution is -2.14. The summed E-state index contributed by atoms with van der Waals surface area (Å²) in [4.78, 5) is 11.7. The standard InChI is InChI=1S/C13H12INO2S/c14-10-3-5-11(6-4-10)15-13(16)9-18-8-12-2-1-7-17-12/h1-7H,8-9H2,(H,15,16). The minimum absolute atomic E-state index is 0.00719. The number of hydrogen-bond acceptors (Lipinski definition) is 3. The van der Waals surface area contributed by atoms with Gasteiger partial charge in [0.25, 0.3) is 0 Å². The van der Waals surface area contributed by atoms with Crippen molar-refractivity contribution < 1.29 is 9.21 Å². The van der Waals surface area contributed by atoms with Crippen LogP contribution in [0.25, 0.3) is 0 Å². The van der Waals surface area contributed by atoms with E-state index in [1.54, 1.807) is 6.26 Å². The Morgan fingerprint density at radius 1 is 1.28 bits per heavy atom. The van der Waals surface area contributed by atoms with Gasteiger partial charge in [0.1, 0.15) is 5.76 Å². The van der Waals surface area contributed by atoms with Crippen molar-refractivity contribution in [2.24, 2.45) is 0 Å². The molecular weight excluding hydrogens is 361 g/mol. The zero-order chi connectivity index (χ0) is 12.8. The van der Waals surface area contributed by atoms with Gasteiger partial charge in [0.2, 0.25) is 5.91 Å². The second kappa shape index (κ2) is 6.84. The van der Waals surface area contributed by atoms with Crippen molar-refractivity contribution in [3.8, 4) is 0 Å². The van der Waals surface area contributed by atoms with Gasteiger partial charge in [-0.1, -0.05) is 0 Å². The molecule has 2 rings (SSSR count). The average Bonchev–Trinajstić information content (AvgIpc) is 2.85. The second-order valence-electron chi connectivity index (χ2n) is 3.63. The fraction of sp³-hybridized carbons (Fsp3) is 0.154. The van der Waals surface area contributed by atoms with Crippen LogP contribution in [-0.2, 0) is 10.5 Å². The van der Waals surface area contributed by atoms with Crippen molar-refractivity contribution in [1.82, 2.24) is 0 Å². The average molecular weight is 373 g/mol. The van der Waals surface area contributed by atoms with Gasteiger partial charge in [0.05, 0.1) is 17.8 Å². The topological polar surface area (TPSA) is 42.2 Å². The monoisotopic (exact) mass is 373 g/mol. The number of anilines is 1. The molecule has 0 unspecified atom stereocenters. The Labute approximate surface area is 123 Å². The summed E-state index contributed by atoms with van der Waals surface area (Å²) in [6, 6.07) is 11.5. The Morgan fingerprint density at radius 2 is 2.06 bits per heavy atom. The Kier molecular flexibility index (Phi) is 5.12. The molecule has 0 saturated carbocycles. The van der Waals surface area contributed by atoms with E-state index in [-0.39, 0.29) is 5.91 Å². The Balaban J connectivity index is 1.73. The molecule has 1 N–H and O–H groups in total. The molecule has 0 spiro atoms. The first kappa shape index (κ1) is 13.5. The molecule has 0 radical (unpaired) electrons. The third-order valence-corrected chi connectivity index (χ3v) is 3.86. The van der Waals surface area contributed by atoms with E-state index < -0.39 is 0 Å². The number of furan rings is 1. The van der Waals surface area contributed by atoms with Gasteiger partial charge in [0, 0.05) is 9.26 Å². The smallest absolute Gasteiger partial charge is 0.234 e. The van der Waals surface area contributed by atoms with Gasteiger partial charge in [0.15, 0.2) is 0 Å². The molecule has 1 aromatic heterocycles. The number of benzene rings is 1. The molecule has 0 bridgehead atoms. The van der Waals surface area contributed by atoms with Crippen LogP contribution >= 0.6 is 34.4 Å². The Bertz CT molecular complexity index is 496. The molecule has 2 aromatic rings. The first-order valence-electron chi connectivity index (χ1n) is 5.39. The van der Waals surface area contributed by atoms with Crippen molar-refractivity contribution in [2.45, 2.75) is 5.75 Å². The highest BCUT2D eigenvalue weighted by Gasteiger charge is 2.03. The van der Waals surface area contributed by atoms with Gasteiger partial charge in [-0.3, -0.25) is 4.79 Å². The molecule has 1 amide bonds. The van der Waals surface area contributed by atoms with Crippen molar-refractivity contribution in [3.05, 3.63) is 52.0 Å². The maximum Gasteiger partial charge on any atom is 0.234 e. The van der Waals surface area contributed by atoms with Crippen LogP contribution in [-0.4, -0.2) is 11.7 Å². The number of thioether (sulfide) groups is 1. The van der Waals surface area contributed by atoms with Gasteiger partial charge in [-0.25, -0.2) is 0 Å². The minimum Gasteiger partial charge on any atom is -0.468 e. The molecule has 18 heavy (non-hydrogen) atoms. The largest absolute Gasteiger partial charge is 0.468 e. The van der Waals surface area contributed by atoms with Gasteiger partial charge in [-0.05, 0) is 59.0 Å². The van der Waals surface area contributed by atoms with Crippen molar-refractivity contribution in [3.63, 3.8) is 0 Å². The number of carbonyl (C=O) groups is 1. The van der Waals surface area contributed by atoms with E-state index in [2.05, 4.69) is 27.9 Å². The summed E-state index contributed by atoms with van der Waals surface area (Å²) < 4.78 is 6.34. The molecule has 1 heterocycles. The highest BCUT2D eigenvalue weighted by Crippen LogP contribution is 2.14. The van der Waals surface area contributed by atoms with Crippen molar-refractivity contribution in [1.29, 1.82) is 0 Å². The van der Waals surface area contributed by atoms with E-state index in [0.29, 0.717) is 11.5 Å². The molecule has 5 heteroatoms. The third-order valence-electron chi connectivity index (χ3n) is 2.19. The quantitative estimate of drug-likeness (QED) is 0.812.